The van der Waals surface area contributed by atoms with Gasteiger partial charge >= 0.3 is 0 Å². The fourth-order valence-corrected chi connectivity index (χ4v) is 1.56. The van der Waals surface area contributed by atoms with Crippen molar-refractivity contribution < 1.29 is 9.84 Å². The predicted octanol–water partition coefficient (Wildman–Crippen LogP) is 1.27. The molecule has 0 aromatic carbocycles. The quantitative estimate of drug-likeness (QED) is 0.751. The summed E-state index contributed by atoms with van der Waals surface area (Å²) in [6.07, 6.45) is 2.41. The van der Waals surface area contributed by atoms with Crippen LogP contribution in [0.2, 0.25) is 0 Å². The standard InChI is InChI=1S/C13H22N2O2/c1-11-5-4-7-15-12(11)9-14-10-13(2,16)6-8-17-3/h4-5,7,14,16H,6,8-10H2,1-3H3. The van der Waals surface area contributed by atoms with E-state index in [0.717, 1.165) is 11.3 Å². The first kappa shape index (κ1) is 14.1. The van der Waals surface area contributed by atoms with E-state index in [-0.39, 0.29) is 0 Å². The molecule has 0 aliphatic carbocycles. The van der Waals surface area contributed by atoms with Crippen molar-refractivity contribution in [2.75, 3.05) is 20.3 Å². The number of aliphatic hydroxyl groups is 1. The number of rotatable bonds is 7. The number of nitrogens with one attached hydrogen (secondary N) is 1. The Morgan fingerprint density at radius 1 is 1.53 bits per heavy atom. The van der Waals surface area contributed by atoms with Gasteiger partial charge in [0.15, 0.2) is 0 Å². The molecule has 0 aliphatic heterocycles. The van der Waals surface area contributed by atoms with Crippen LogP contribution >= 0.6 is 0 Å². The molecule has 4 nitrogen and oxygen atoms in total. The number of aryl methyl sites for hydroxylation is 1. The molecule has 0 saturated heterocycles. The molecule has 0 bridgehead atoms. The molecule has 0 radical (unpaired) electrons. The minimum Gasteiger partial charge on any atom is -0.389 e. The third kappa shape index (κ3) is 5.26. The van der Waals surface area contributed by atoms with Crippen molar-refractivity contribution in [2.24, 2.45) is 0 Å². The molecule has 2 N–H and O–H groups in total. The van der Waals surface area contributed by atoms with Gasteiger partial charge in [-0.1, -0.05) is 6.07 Å². The summed E-state index contributed by atoms with van der Waals surface area (Å²) in [5, 5.41) is 13.3. The summed E-state index contributed by atoms with van der Waals surface area (Å²) in [4.78, 5) is 4.29. The third-order valence-electron chi connectivity index (χ3n) is 2.76. The smallest absolute Gasteiger partial charge is 0.0765 e. The minimum atomic E-state index is -0.737. The minimum absolute atomic E-state index is 0.534. The Morgan fingerprint density at radius 3 is 2.94 bits per heavy atom. The summed E-state index contributed by atoms with van der Waals surface area (Å²) in [7, 11) is 1.64. The van der Waals surface area contributed by atoms with Crippen molar-refractivity contribution in [1.29, 1.82) is 0 Å². The number of methoxy groups -OCH3 is 1. The zero-order valence-corrected chi connectivity index (χ0v) is 10.9. The second-order valence-electron chi connectivity index (χ2n) is 4.61. The van der Waals surface area contributed by atoms with Crippen LogP contribution in [0.15, 0.2) is 18.3 Å². The molecule has 1 atom stereocenters. The van der Waals surface area contributed by atoms with E-state index in [4.69, 9.17) is 4.74 Å². The van der Waals surface area contributed by atoms with Crippen LogP contribution in [-0.4, -0.2) is 36.0 Å². The Hall–Kier alpha value is -0.970. The lowest BCUT2D eigenvalue weighted by Crippen LogP contribution is -2.38. The first-order chi connectivity index (χ1) is 8.05. The molecule has 4 heteroatoms. The summed E-state index contributed by atoms with van der Waals surface area (Å²) in [5.74, 6) is 0. The van der Waals surface area contributed by atoms with Crippen molar-refractivity contribution in [1.82, 2.24) is 10.3 Å². The Bertz CT molecular complexity index is 340. The molecule has 1 aromatic heterocycles. The fraction of sp³-hybridized carbons (Fsp3) is 0.615. The van der Waals surface area contributed by atoms with E-state index in [0.29, 0.717) is 26.1 Å². The van der Waals surface area contributed by atoms with Gasteiger partial charge in [0.25, 0.3) is 0 Å². The highest BCUT2D eigenvalue weighted by Gasteiger charge is 2.19. The molecule has 0 aliphatic rings. The van der Waals surface area contributed by atoms with Gasteiger partial charge in [-0.15, -0.1) is 0 Å². The van der Waals surface area contributed by atoms with Crippen LogP contribution in [0, 0.1) is 6.92 Å². The second-order valence-corrected chi connectivity index (χ2v) is 4.61. The van der Waals surface area contributed by atoms with Gasteiger partial charge in [0.1, 0.15) is 0 Å². The monoisotopic (exact) mass is 238 g/mol. The largest absolute Gasteiger partial charge is 0.389 e. The van der Waals surface area contributed by atoms with Crippen LogP contribution in [0.3, 0.4) is 0 Å². The SMILES string of the molecule is COCCC(C)(O)CNCc1ncccc1C. The Labute approximate surface area is 103 Å². The molecule has 0 saturated carbocycles. The molecule has 0 fully saturated rings. The van der Waals surface area contributed by atoms with Gasteiger partial charge in [0.05, 0.1) is 11.3 Å². The lowest BCUT2D eigenvalue weighted by molar-refractivity contribution is 0.0247. The van der Waals surface area contributed by atoms with Crippen LogP contribution in [-0.2, 0) is 11.3 Å². The Kier molecular flexibility index (Phi) is 5.55. The summed E-state index contributed by atoms with van der Waals surface area (Å²) in [6, 6.07) is 3.96. The molecule has 1 unspecified atom stereocenters. The van der Waals surface area contributed by atoms with Crippen molar-refractivity contribution in [2.45, 2.75) is 32.4 Å². The number of hydrogen-bond donors (Lipinski definition) is 2. The highest BCUT2D eigenvalue weighted by Crippen LogP contribution is 2.08. The highest BCUT2D eigenvalue weighted by molar-refractivity contribution is 5.17. The maximum atomic E-state index is 10.0. The van der Waals surface area contributed by atoms with Crippen LogP contribution in [0.5, 0.6) is 0 Å². The van der Waals surface area contributed by atoms with E-state index in [2.05, 4.69) is 10.3 Å². The maximum absolute atomic E-state index is 10.0. The molecule has 1 rings (SSSR count). The van der Waals surface area contributed by atoms with Crippen molar-refractivity contribution in [3.05, 3.63) is 29.6 Å². The van der Waals surface area contributed by atoms with Crippen molar-refractivity contribution in [3.8, 4) is 0 Å². The normalized spacial score (nSPS) is 14.6. The van der Waals surface area contributed by atoms with E-state index in [9.17, 15) is 5.11 Å². The second kappa shape index (κ2) is 6.69. The Morgan fingerprint density at radius 2 is 2.29 bits per heavy atom. The predicted molar refractivity (Wildman–Crippen MR) is 67.8 cm³/mol. The molecule has 1 heterocycles. The number of ether oxygens (including phenoxy) is 1. The van der Waals surface area contributed by atoms with Crippen LogP contribution < -0.4 is 5.32 Å². The average molecular weight is 238 g/mol. The lowest BCUT2D eigenvalue weighted by Gasteiger charge is -2.23. The average Bonchev–Trinajstić information content (AvgIpc) is 2.29. The van der Waals surface area contributed by atoms with Crippen molar-refractivity contribution >= 4 is 0 Å². The van der Waals surface area contributed by atoms with E-state index in [1.54, 1.807) is 13.3 Å². The zero-order chi connectivity index (χ0) is 12.7. The lowest BCUT2D eigenvalue weighted by atomic mass is 10.0. The summed E-state index contributed by atoms with van der Waals surface area (Å²) in [5.41, 5.74) is 1.45. The van der Waals surface area contributed by atoms with E-state index < -0.39 is 5.60 Å². The van der Waals surface area contributed by atoms with Gasteiger partial charge in [0.2, 0.25) is 0 Å². The van der Waals surface area contributed by atoms with Gasteiger partial charge < -0.3 is 15.2 Å². The van der Waals surface area contributed by atoms with E-state index in [1.807, 2.05) is 26.0 Å². The maximum Gasteiger partial charge on any atom is 0.0765 e. The van der Waals surface area contributed by atoms with Crippen LogP contribution in [0.1, 0.15) is 24.6 Å². The van der Waals surface area contributed by atoms with Gasteiger partial charge in [-0.25, -0.2) is 0 Å². The molecule has 1 aromatic rings. The van der Waals surface area contributed by atoms with Crippen molar-refractivity contribution in [3.63, 3.8) is 0 Å². The van der Waals surface area contributed by atoms with Gasteiger partial charge in [-0.05, 0) is 25.5 Å². The highest BCUT2D eigenvalue weighted by atomic mass is 16.5. The van der Waals surface area contributed by atoms with Crippen LogP contribution in [0.4, 0.5) is 0 Å². The van der Waals surface area contributed by atoms with E-state index >= 15 is 0 Å². The molecule has 0 spiro atoms. The van der Waals surface area contributed by atoms with Gasteiger partial charge in [-0.2, -0.15) is 0 Å². The molecule has 17 heavy (non-hydrogen) atoms. The fourth-order valence-electron chi connectivity index (χ4n) is 1.56. The number of hydrogen-bond acceptors (Lipinski definition) is 4. The third-order valence-corrected chi connectivity index (χ3v) is 2.76. The zero-order valence-electron chi connectivity index (χ0n) is 10.9. The van der Waals surface area contributed by atoms with Gasteiger partial charge in [-0.3, -0.25) is 4.98 Å². The molecular weight excluding hydrogens is 216 g/mol. The number of aromatic nitrogens is 1. The molecule has 0 amide bonds. The van der Waals surface area contributed by atoms with E-state index in [1.165, 1.54) is 0 Å². The van der Waals surface area contributed by atoms with Gasteiger partial charge in [0, 0.05) is 39.4 Å². The topological polar surface area (TPSA) is 54.4 Å². The first-order valence-electron chi connectivity index (χ1n) is 5.88. The number of pyridine rings is 1. The molecular formula is C13H22N2O2. The molecule has 96 valence electrons. The summed E-state index contributed by atoms with van der Waals surface area (Å²) in [6.45, 7) is 5.62. The van der Waals surface area contributed by atoms with Crippen LogP contribution in [0.25, 0.3) is 0 Å². The Balaban J connectivity index is 2.35. The summed E-state index contributed by atoms with van der Waals surface area (Å²) < 4.78 is 4.96. The number of nitrogens with zero attached hydrogens (tertiary/aromatic N) is 1. The first-order valence-corrected chi connectivity index (χ1v) is 5.88. The summed E-state index contributed by atoms with van der Waals surface area (Å²) >= 11 is 0.